The van der Waals surface area contributed by atoms with Crippen molar-refractivity contribution in [1.29, 1.82) is 0 Å². The molecule has 0 heteroatoms. The minimum atomic E-state index is 0.918. The van der Waals surface area contributed by atoms with E-state index in [9.17, 15) is 0 Å². The van der Waals surface area contributed by atoms with Gasteiger partial charge in [-0.2, -0.15) is 0 Å². The zero-order chi connectivity index (χ0) is 8.27. The smallest absolute Gasteiger partial charge is 0.0322 e. The first kappa shape index (κ1) is 8.83. The lowest BCUT2D eigenvalue weighted by Gasteiger charge is -2.33. The fourth-order valence-electron chi connectivity index (χ4n) is 2.24. The maximum absolute atomic E-state index is 3.81. The molecule has 1 aliphatic rings. The van der Waals surface area contributed by atoms with Gasteiger partial charge in [0, 0.05) is 0 Å². The van der Waals surface area contributed by atoms with Crippen LogP contribution < -0.4 is 0 Å². The number of allylic oxidation sites excluding steroid dienone is 1. The minimum absolute atomic E-state index is 0.918. The lowest BCUT2D eigenvalue weighted by molar-refractivity contribution is 0.184. The van der Waals surface area contributed by atoms with Crippen LogP contribution in [0.4, 0.5) is 0 Å². The molecule has 0 heterocycles. The van der Waals surface area contributed by atoms with Crippen LogP contribution in [-0.4, -0.2) is 0 Å². The van der Waals surface area contributed by atoms with Gasteiger partial charge >= 0.3 is 0 Å². The minimum Gasteiger partial charge on any atom is -0.103 e. The second-order valence-electron chi connectivity index (χ2n) is 4.05. The Morgan fingerprint density at radius 1 is 1.36 bits per heavy atom. The van der Waals surface area contributed by atoms with Crippen molar-refractivity contribution in [1.82, 2.24) is 0 Å². The maximum atomic E-state index is 3.81. The first-order chi connectivity index (χ1) is 5.25. The van der Waals surface area contributed by atoms with Crippen molar-refractivity contribution in [3.8, 4) is 0 Å². The van der Waals surface area contributed by atoms with Crippen LogP contribution in [-0.2, 0) is 0 Å². The molecule has 11 heavy (non-hydrogen) atoms. The highest BCUT2D eigenvalue weighted by Crippen LogP contribution is 2.36. The van der Waals surface area contributed by atoms with Gasteiger partial charge < -0.3 is 0 Å². The third kappa shape index (κ3) is 2.08. The van der Waals surface area contributed by atoms with Crippen LogP contribution in [0.1, 0.15) is 39.5 Å². The van der Waals surface area contributed by atoms with Gasteiger partial charge in [-0.05, 0) is 30.6 Å². The molecule has 0 saturated heterocycles. The van der Waals surface area contributed by atoms with Gasteiger partial charge in [-0.15, -0.1) is 6.58 Å². The van der Waals surface area contributed by atoms with E-state index in [2.05, 4.69) is 26.5 Å². The normalized spacial score (nSPS) is 38.5. The van der Waals surface area contributed by atoms with Crippen LogP contribution in [0.5, 0.6) is 0 Å². The van der Waals surface area contributed by atoms with Gasteiger partial charge in [-0.25, -0.2) is 0 Å². The summed E-state index contributed by atoms with van der Waals surface area (Å²) in [6, 6.07) is 0. The zero-order valence-electron chi connectivity index (χ0n) is 7.84. The SMILES string of the molecule is C=CCC1CCCC(C)C1C. The van der Waals surface area contributed by atoms with E-state index >= 15 is 0 Å². The summed E-state index contributed by atoms with van der Waals surface area (Å²) in [6.45, 7) is 8.60. The number of hydrogen-bond acceptors (Lipinski definition) is 0. The molecule has 0 aromatic heterocycles. The molecule has 1 saturated carbocycles. The van der Waals surface area contributed by atoms with E-state index in [0.717, 1.165) is 17.8 Å². The summed E-state index contributed by atoms with van der Waals surface area (Å²) in [5.74, 6) is 2.78. The van der Waals surface area contributed by atoms with Crippen LogP contribution in [0.3, 0.4) is 0 Å². The van der Waals surface area contributed by atoms with E-state index < -0.39 is 0 Å². The monoisotopic (exact) mass is 152 g/mol. The quantitative estimate of drug-likeness (QED) is 0.530. The van der Waals surface area contributed by atoms with E-state index in [0.29, 0.717) is 0 Å². The molecule has 3 unspecified atom stereocenters. The summed E-state index contributed by atoms with van der Waals surface area (Å²) in [7, 11) is 0. The summed E-state index contributed by atoms with van der Waals surface area (Å²) in [5, 5.41) is 0. The molecule has 1 fully saturated rings. The van der Waals surface area contributed by atoms with Crippen LogP contribution in [0.15, 0.2) is 12.7 Å². The summed E-state index contributed by atoms with van der Waals surface area (Å²) < 4.78 is 0. The van der Waals surface area contributed by atoms with E-state index in [-0.39, 0.29) is 0 Å². The third-order valence-electron chi connectivity index (χ3n) is 3.34. The third-order valence-corrected chi connectivity index (χ3v) is 3.34. The Morgan fingerprint density at radius 2 is 2.09 bits per heavy atom. The Kier molecular flexibility index (Phi) is 3.16. The average Bonchev–Trinajstić information content (AvgIpc) is 1.99. The first-order valence-electron chi connectivity index (χ1n) is 4.86. The molecule has 0 radical (unpaired) electrons. The lowest BCUT2D eigenvalue weighted by Crippen LogP contribution is -2.23. The number of rotatable bonds is 2. The molecule has 0 aromatic carbocycles. The van der Waals surface area contributed by atoms with Crippen molar-refractivity contribution in [3.63, 3.8) is 0 Å². The Balaban J connectivity index is 2.43. The van der Waals surface area contributed by atoms with Crippen LogP contribution in [0.2, 0.25) is 0 Å². The molecule has 1 rings (SSSR count). The van der Waals surface area contributed by atoms with Crippen molar-refractivity contribution in [2.24, 2.45) is 17.8 Å². The molecule has 0 bridgehead atoms. The highest BCUT2D eigenvalue weighted by Gasteiger charge is 2.25. The Hall–Kier alpha value is -0.260. The van der Waals surface area contributed by atoms with Gasteiger partial charge in [0.2, 0.25) is 0 Å². The molecule has 1 aliphatic carbocycles. The van der Waals surface area contributed by atoms with Crippen LogP contribution in [0.25, 0.3) is 0 Å². The second kappa shape index (κ2) is 3.94. The maximum Gasteiger partial charge on any atom is -0.0322 e. The van der Waals surface area contributed by atoms with Crippen LogP contribution >= 0.6 is 0 Å². The lowest BCUT2D eigenvalue weighted by atomic mass is 9.73. The molecule has 3 atom stereocenters. The van der Waals surface area contributed by atoms with Gasteiger partial charge in [0.05, 0.1) is 0 Å². The standard InChI is InChI=1S/C11H20/c1-4-6-11-8-5-7-9(2)10(11)3/h4,9-11H,1,5-8H2,2-3H3. The van der Waals surface area contributed by atoms with E-state index in [4.69, 9.17) is 0 Å². The average molecular weight is 152 g/mol. The van der Waals surface area contributed by atoms with Gasteiger partial charge in [0.1, 0.15) is 0 Å². The van der Waals surface area contributed by atoms with Gasteiger partial charge in [-0.1, -0.05) is 32.8 Å². The molecule has 64 valence electrons. The van der Waals surface area contributed by atoms with Crippen molar-refractivity contribution < 1.29 is 0 Å². The summed E-state index contributed by atoms with van der Waals surface area (Å²) in [4.78, 5) is 0. The molecule has 0 nitrogen and oxygen atoms in total. The number of hydrogen-bond donors (Lipinski definition) is 0. The van der Waals surface area contributed by atoms with Gasteiger partial charge in [-0.3, -0.25) is 0 Å². The fourth-order valence-corrected chi connectivity index (χ4v) is 2.24. The van der Waals surface area contributed by atoms with E-state index in [1.165, 1.54) is 25.7 Å². The Labute approximate surface area is 70.7 Å². The van der Waals surface area contributed by atoms with E-state index in [1.54, 1.807) is 0 Å². The molecular weight excluding hydrogens is 132 g/mol. The predicted octanol–water partition coefficient (Wildman–Crippen LogP) is 3.63. The summed E-state index contributed by atoms with van der Waals surface area (Å²) >= 11 is 0. The zero-order valence-corrected chi connectivity index (χ0v) is 7.84. The largest absolute Gasteiger partial charge is 0.103 e. The van der Waals surface area contributed by atoms with Gasteiger partial charge in [0.25, 0.3) is 0 Å². The molecule has 0 N–H and O–H groups in total. The first-order valence-corrected chi connectivity index (χ1v) is 4.86. The predicted molar refractivity (Wildman–Crippen MR) is 50.5 cm³/mol. The molecular formula is C11H20. The van der Waals surface area contributed by atoms with Crippen molar-refractivity contribution in [3.05, 3.63) is 12.7 Å². The highest BCUT2D eigenvalue weighted by atomic mass is 14.3. The van der Waals surface area contributed by atoms with Crippen LogP contribution in [0, 0.1) is 17.8 Å². The topological polar surface area (TPSA) is 0 Å². The van der Waals surface area contributed by atoms with Crippen molar-refractivity contribution >= 4 is 0 Å². The summed E-state index contributed by atoms with van der Waals surface area (Å²) in [5.41, 5.74) is 0. The van der Waals surface area contributed by atoms with Gasteiger partial charge in [0.15, 0.2) is 0 Å². The molecule has 0 amide bonds. The van der Waals surface area contributed by atoms with Crippen molar-refractivity contribution in [2.45, 2.75) is 39.5 Å². The fraction of sp³-hybridized carbons (Fsp3) is 0.818. The summed E-state index contributed by atoms with van der Waals surface area (Å²) in [6.07, 6.45) is 7.61. The molecule has 0 aliphatic heterocycles. The second-order valence-corrected chi connectivity index (χ2v) is 4.05. The van der Waals surface area contributed by atoms with Crippen molar-refractivity contribution in [2.75, 3.05) is 0 Å². The van der Waals surface area contributed by atoms with E-state index in [1.807, 2.05) is 0 Å². The highest BCUT2D eigenvalue weighted by molar-refractivity contribution is 4.82. The molecule has 0 aromatic rings. The Morgan fingerprint density at radius 3 is 2.73 bits per heavy atom. The Bertz CT molecular complexity index is 126. The molecule has 0 spiro atoms.